The van der Waals surface area contributed by atoms with Crippen LogP contribution in [0.1, 0.15) is 11.5 Å². The number of nitrogens with one attached hydrogen (secondary N) is 1. The molecule has 3 rings (SSSR count). The zero-order valence-corrected chi connectivity index (χ0v) is 14.2. The molecule has 0 bridgehead atoms. The van der Waals surface area contributed by atoms with Gasteiger partial charge in [-0.15, -0.1) is 0 Å². The average molecular weight is 347 g/mol. The van der Waals surface area contributed by atoms with E-state index in [1.807, 2.05) is 31.2 Å². The number of halogens is 1. The van der Waals surface area contributed by atoms with Crippen LogP contribution in [-0.2, 0) is 9.53 Å². The fraction of sp³-hybridized carbons (Fsp3) is 0.278. The Bertz CT molecular complexity index is 748. The van der Waals surface area contributed by atoms with Gasteiger partial charge in [0.05, 0.1) is 24.6 Å². The van der Waals surface area contributed by atoms with E-state index in [-0.39, 0.29) is 5.91 Å². The number of furan rings is 1. The molecule has 126 valence electrons. The van der Waals surface area contributed by atoms with Crippen LogP contribution in [0.3, 0.4) is 0 Å². The average Bonchev–Trinajstić information content (AvgIpc) is 2.99. The van der Waals surface area contributed by atoms with Crippen molar-refractivity contribution in [3.63, 3.8) is 0 Å². The minimum atomic E-state index is -0.235. The van der Waals surface area contributed by atoms with Crippen LogP contribution in [0, 0.1) is 6.92 Å². The largest absolute Gasteiger partial charge is 0.462 e. The van der Waals surface area contributed by atoms with Gasteiger partial charge in [-0.05, 0) is 43.3 Å². The van der Waals surface area contributed by atoms with Gasteiger partial charge in [-0.25, -0.2) is 0 Å². The molecular weight excluding hydrogens is 328 g/mol. The summed E-state index contributed by atoms with van der Waals surface area (Å²) in [6.07, 6.45) is 3.09. The SMILES string of the molecule is Cc1ccc(/C=C/C(=O)Nc2cc(Cl)ccc2N2CCOCC2)o1. The van der Waals surface area contributed by atoms with E-state index in [1.165, 1.54) is 6.08 Å². The van der Waals surface area contributed by atoms with Gasteiger partial charge < -0.3 is 19.4 Å². The molecule has 1 aliphatic heterocycles. The third-order valence-corrected chi connectivity index (χ3v) is 3.96. The van der Waals surface area contributed by atoms with Gasteiger partial charge in [0.25, 0.3) is 0 Å². The molecule has 1 saturated heterocycles. The number of hydrogen-bond acceptors (Lipinski definition) is 4. The molecule has 2 aromatic rings. The first-order chi connectivity index (χ1) is 11.6. The number of carbonyl (C=O) groups excluding carboxylic acids is 1. The highest BCUT2D eigenvalue weighted by Crippen LogP contribution is 2.30. The van der Waals surface area contributed by atoms with Gasteiger partial charge in [-0.1, -0.05) is 11.6 Å². The quantitative estimate of drug-likeness (QED) is 0.857. The topological polar surface area (TPSA) is 54.7 Å². The molecule has 2 heterocycles. The Morgan fingerprint density at radius 2 is 2.04 bits per heavy atom. The fourth-order valence-electron chi connectivity index (χ4n) is 2.56. The summed E-state index contributed by atoms with van der Waals surface area (Å²) in [5, 5.41) is 3.47. The molecule has 0 radical (unpaired) electrons. The molecule has 0 saturated carbocycles. The Morgan fingerprint density at radius 3 is 2.75 bits per heavy atom. The van der Waals surface area contributed by atoms with Crippen molar-refractivity contribution in [2.24, 2.45) is 0 Å². The van der Waals surface area contributed by atoms with E-state index >= 15 is 0 Å². The predicted octanol–water partition coefficient (Wildman–Crippen LogP) is 3.73. The van der Waals surface area contributed by atoms with Gasteiger partial charge in [0.2, 0.25) is 5.91 Å². The molecule has 1 fully saturated rings. The molecule has 24 heavy (non-hydrogen) atoms. The first kappa shape index (κ1) is 16.6. The lowest BCUT2D eigenvalue weighted by Gasteiger charge is -2.30. The molecule has 5 nitrogen and oxygen atoms in total. The summed E-state index contributed by atoms with van der Waals surface area (Å²) in [5.41, 5.74) is 1.63. The summed E-state index contributed by atoms with van der Waals surface area (Å²) >= 11 is 6.09. The van der Waals surface area contributed by atoms with Crippen LogP contribution in [0.4, 0.5) is 11.4 Å². The number of aryl methyl sites for hydroxylation is 1. The predicted molar refractivity (Wildman–Crippen MR) is 95.6 cm³/mol. The monoisotopic (exact) mass is 346 g/mol. The second kappa shape index (κ2) is 7.55. The molecule has 1 aromatic carbocycles. The van der Waals surface area contributed by atoms with Crippen molar-refractivity contribution in [2.45, 2.75) is 6.92 Å². The van der Waals surface area contributed by atoms with Gasteiger partial charge in [-0.2, -0.15) is 0 Å². The summed E-state index contributed by atoms with van der Waals surface area (Å²) in [7, 11) is 0. The lowest BCUT2D eigenvalue weighted by atomic mass is 10.2. The van der Waals surface area contributed by atoms with Crippen molar-refractivity contribution >= 4 is 35.0 Å². The minimum Gasteiger partial charge on any atom is -0.462 e. The highest BCUT2D eigenvalue weighted by atomic mass is 35.5. The van der Waals surface area contributed by atoms with Gasteiger partial charge >= 0.3 is 0 Å². The van der Waals surface area contributed by atoms with E-state index in [0.29, 0.717) is 29.7 Å². The highest BCUT2D eigenvalue weighted by molar-refractivity contribution is 6.31. The van der Waals surface area contributed by atoms with Crippen molar-refractivity contribution in [3.8, 4) is 0 Å². The van der Waals surface area contributed by atoms with Crippen molar-refractivity contribution in [1.29, 1.82) is 0 Å². The maximum atomic E-state index is 12.2. The molecule has 1 aromatic heterocycles. The highest BCUT2D eigenvalue weighted by Gasteiger charge is 2.16. The van der Waals surface area contributed by atoms with Crippen LogP contribution in [0.2, 0.25) is 5.02 Å². The minimum absolute atomic E-state index is 0.235. The van der Waals surface area contributed by atoms with E-state index in [9.17, 15) is 4.79 Å². The number of benzene rings is 1. The molecule has 1 N–H and O–H groups in total. The molecule has 1 aliphatic rings. The maximum Gasteiger partial charge on any atom is 0.248 e. The molecule has 6 heteroatoms. The third-order valence-electron chi connectivity index (χ3n) is 3.73. The number of hydrogen-bond donors (Lipinski definition) is 1. The summed E-state index contributed by atoms with van der Waals surface area (Å²) in [6.45, 7) is 4.78. The van der Waals surface area contributed by atoms with E-state index in [2.05, 4.69) is 10.2 Å². The number of carbonyl (C=O) groups is 1. The number of morpholine rings is 1. The van der Waals surface area contributed by atoms with Gasteiger partial charge in [0, 0.05) is 24.2 Å². The van der Waals surface area contributed by atoms with Crippen LogP contribution in [0.25, 0.3) is 6.08 Å². The summed E-state index contributed by atoms with van der Waals surface area (Å²) < 4.78 is 10.8. The van der Waals surface area contributed by atoms with E-state index in [0.717, 1.165) is 24.5 Å². The lowest BCUT2D eigenvalue weighted by Crippen LogP contribution is -2.36. The Balaban J connectivity index is 1.74. The summed E-state index contributed by atoms with van der Waals surface area (Å²) in [4.78, 5) is 14.4. The van der Waals surface area contributed by atoms with Crippen LogP contribution in [-0.4, -0.2) is 32.2 Å². The van der Waals surface area contributed by atoms with Crippen molar-refractivity contribution in [1.82, 2.24) is 0 Å². The third kappa shape index (κ3) is 4.19. The maximum absolute atomic E-state index is 12.2. The zero-order chi connectivity index (χ0) is 16.9. The fourth-order valence-corrected chi connectivity index (χ4v) is 2.74. The normalized spacial score (nSPS) is 15.0. The molecular formula is C18H19ClN2O3. The molecule has 1 amide bonds. The molecule has 0 aliphatic carbocycles. The van der Waals surface area contributed by atoms with Crippen molar-refractivity contribution < 1.29 is 13.9 Å². The molecule has 0 spiro atoms. The first-order valence-corrected chi connectivity index (χ1v) is 8.17. The van der Waals surface area contributed by atoms with Crippen LogP contribution in [0.15, 0.2) is 40.8 Å². The van der Waals surface area contributed by atoms with Crippen LogP contribution in [0.5, 0.6) is 0 Å². The van der Waals surface area contributed by atoms with E-state index in [4.69, 9.17) is 20.8 Å². The second-order valence-electron chi connectivity index (χ2n) is 5.53. The molecule has 0 atom stereocenters. The van der Waals surface area contributed by atoms with Gasteiger partial charge in [0.15, 0.2) is 0 Å². The summed E-state index contributed by atoms with van der Waals surface area (Å²) in [6, 6.07) is 9.17. The first-order valence-electron chi connectivity index (χ1n) is 7.79. The Labute approximate surface area is 145 Å². The van der Waals surface area contributed by atoms with Crippen LogP contribution < -0.4 is 10.2 Å². The van der Waals surface area contributed by atoms with Crippen molar-refractivity contribution in [3.05, 3.63) is 53.0 Å². The zero-order valence-electron chi connectivity index (χ0n) is 13.4. The van der Waals surface area contributed by atoms with Crippen molar-refractivity contribution in [2.75, 3.05) is 36.5 Å². The molecule has 0 unspecified atom stereocenters. The van der Waals surface area contributed by atoms with Crippen LogP contribution >= 0.6 is 11.6 Å². The van der Waals surface area contributed by atoms with Gasteiger partial charge in [-0.3, -0.25) is 4.79 Å². The second-order valence-corrected chi connectivity index (χ2v) is 5.97. The number of ether oxygens (including phenoxy) is 1. The number of anilines is 2. The smallest absolute Gasteiger partial charge is 0.248 e. The van der Waals surface area contributed by atoms with E-state index in [1.54, 1.807) is 12.1 Å². The van der Waals surface area contributed by atoms with E-state index < -0.39 is 0 Å². The summed E-state index contributed by atoms with van der Waals surface area (Å²) in [5.74, 6) is 1.21. The number of nitrogens with zero attached hydrogens (tertiary/aromatic N) is 1. The van der Waals surface area contributed by atoms with Gasteiger partial charge in [0.1, 0.15) is 11.5 Å². The number of amides is 1. The Morgan fingerprint density at radius 1 is 1.25 bits per heavy atom. The standard InChI is InChI=1S/C18H19ClN2O3/c1-13-2-4-15(24-13)5-7-18(22)20-16-12-14(19)3-6-17(16)21-8-10-23-11-9-21/h2-7,12H,8-11H2,1H3,(H,20,22)/b7-5+. The lowest BCUT2D eigenvalue weighted by molar-refractivity contribution is -0.111. The Hall–Kier alpha value is -2.24. The Kier molecular flexibility index (Phi) is 5.23. The number of rotatable bonds is 4.